The number of nitrogens with zero attached hydrogens (tertiary/aromatic N) is 1. The molecule has 3 aliphatic rings. The zero-order valence-corrected chi connectivity index (χ0v) is 20.2. The average molecular weight is 474 g/mol. The van der Waals surface area contributed by atoms with Gasteiger partial charge < -0.3 is 4.74 Å². The molecule has 6 heteroatoms. The van der Waals surface area contributed by atoms with Gasteiger partial charge in [-0.25, -0.2) is 13.2 Å². The van der Waals surface area contributed by atoms with Gasteiger partial charge in [-0.2, -0.15) is 4.31 Å². The Hall–Kier alpha value is -2.96. The van der Waals surface area contributed by atoms with E-state index in [-0.39, 0.29) is 24.0 Å². The maximum Gasteiger partial charge on any atom is 0.338 e. The Morgan fingerprint density at radius 1 is 0.912 bits per heavy atom. The molecule has 2 atom stereocenters. The molecule has 0 aromatic heterocycles. The van der Waals surface area contributed by atoms with E-state index in [0.717, 1.165) is 52.6 Å². The summed E-state index contributed by atoms with van der Waals surface area (Å²) in [6, 6.07) is 17.2. The summed E-state index contributed by atoms with van der Waals surface area (Å²) in [7, 11) is -2.30. The largest absolute Gasteiger partial charge is 0.465 e. The second kappa shape index (κ2) is 7.79. The van der Waals surface area contributed by atoms with Crippen LogP contribution in [0.15, 0.2) is 59.5 Å². The molecule has 5 nitrogen and oxygen atoms in total. The van der Waals surface area contributed by atoms with Crippen molar-refractivity contribution in [1.82, 2.24) is 4.31 Å². The molecule has 0 spiro atoms. The Bertz CT molecular complexity index is 1410. The molecule has 1 heterocycles. The zero-order valence-electron chi connectivity index (χ0n) is 19.4. The lowest BCUT2D eigenvalue weighted by Gasteiger charge is -2.25. The molecule has 3 aromatic carbocycles. The zero-order chi connectivity index (χ0) is 23.6. The van der Waals surface area contributed by atoms with Crippen LogP contribution in [0.4, 0.5) is 0 Å². The van der Waals surface area contributed by atoms with Crippen LogP contribution in [0.3, 0.4) is 0 Å². The molecular formula is C28H27NO4S. The lowest BCUT2D eigenvalue weighted by atomic mass is 9.78. The summed E-state index contributed by atoms with van der Waals surface area (Å²) in [6.07, 6.45) is 3.25. The van der Waals surface area contributed by atoms with Gasteiger partial charge in [0.1, 0.15) is 0 Å². The third-order valence-corrected chi connectivity index (χ3v) is 9.63. The molecule has 6 rings (SSSR count). The van der Waals surface area contributed by atoms with Gasteiger partial charge in [-0.3, -0.25) is 0 Å². The predicted molar refractivity (Wildman–Crippen MR) is 130 cm³/mol. The van der Waals surface area contributed by atoms with Crippen molar-refractivity contribution in [1.29, 1.82) is 0 Å². The molecule has 2 unspecified atom stereocenters. The first-order valence-electron chi connectivity index (χ1n) is 11.8. The van der Waals surface area contributed by atoms with Crippen molar-refractivity contribution < 1.29 is 17.9 Å². The molecule has 34 heavy (non-hydrogen) atoms. The van der Waals surface area contributed by atoms with E-state index >= 15 is 0 Å². The van der Waals surface area contributed by atoms with E-state index in [1.807, 2.05) is 37.3 Å². The van der Waals surface area contributed by atoms with E-state index in [9.17, 15) is 13.2 Å². The highest BCUT2D eigenvalue weighted by Gasteiger charge is 2.46. The van der Waals surface area contributed by atoms with Gasteiger partial charge in [0.2, 0.25) is 10.0 Å². The molecule has 174 valence electrons. The van der Waals surface area contributed by atoms with Crippen LogP contribution in [0.1, 0.15) is 69.3 Å². The third-order valence-electron chi connectivity index (χ3n) is 7.83. The summed E-state index contributed by atoms with van der Waals surface area (Å²) in [6.45, 7) is 2.37. The summed E-state index contributed by atoms with van der Waals surface area (Å²) in [5.74, 6) is 0.394. The van der Waals surface area contributed by atoms with Crippen LogP contribution < -0.4 is 0 Å². The number of fused-ring (bicyclic) bond motifs is 6. The smallest absolute Gasteiger partial charge is 0.338 e. The number of carbonyl (C=O) groups is 1. The lowest BCUT2D eigenvalue weighted by Crippen LogP contribution is -2.26. The second-order valence-corrected chi connectivity index (χ2v) is 11.6. The monoisotopic (exact) mass is 473 g/mol. The van der Waals surface area contributed by atoms with Crippen molar-refractivity contribution in [3.63, 3.8) is 0 Å². The number of methoxy groups -OCH3 is 1. The van der Waals surface area contributed by atoms with Crippen LogP contribution in [0, 0.1) is 6.92 Å². The van der Waals surface area contributed by atoms with Crippen LogP contribution in [0.2, 0.25) is 0 Å². The normalized spacial score (nSPS) is 20.9. The molecule has 1 saturated carbocycles. The topological polar surface area (TPSA) is 63.7 Å². The quantitative estimate of drug-likeness (QED) is 0.468. The molecule has 0 saturated heterocycles. The number of sulfonamides is 1. The van der Waals surface area contributed by atoms with Crippen molar-refractivity contribution in [3.8, 4) is 11.1 Å². The minimum absolute atomic E-state index is 0.181. The Morgan fingerprint density at radius 2 is 1.56 bits per heavy atom. The molecule has 3 aromatic rings. The van der Waals surface area contributed by atoms with E-state index in [0.29, 0.717) is 17.4 Å². The number of carbonyl (C=O) groups excluding carboxylic acids is 1. The van der Waals surface area contributed by atoms with E-state index in [1.54, 1.807) is 12.1 Å². The number of ether oxygens (including phenoxy) is 1. The maximum atomic E-state index is 13.6. The summed E-state index contributed by atoms with van der Waals surface area (Å²) < 4.78 is 34.0. The molecule has 1 aliphatic heterocycles. The molecule has 2 aliphatic carbocycles. The van der Waals surface area contributed by atoms with Gasteiger partial charge in [-0.15, -0.1) is 0 Å². The Labute approximate surface area is 200 Å². The van der Waals surface area contributed by atoms with E-state index < -0.39 is 10.0 Å². The third kappa shape index (κ3) is 3.08. The first-order valence-corrected chi connectivity index (χ1v) is 13.3. The van der Waals surface area contributed by atoms with Crippen LogP contribution in [-0.2, 0) is 27.8 Å². The van der Waals surface area contributed by atoms with Gasteiger partial charge in [0.05, 0.1) is 17.6 Å². The average Bonchev–Trinajstić information content (AvgIpc) is 3.58. The molecule has 0 N–H and O–H groups in total. The molecule has 0 amide bonds. The minimum Gasteiger partial charge on any atom is -0.465 e. The minimum atomic E-state index is -3.72. The van der Waals surface area contributed by atoms with Gasteiger partial charge in [-0.05, 0) is 83.5 Å². The van der Waals surface area contributed by atoms with E-state index in [2.05, 4.69) is 12.1 Å². The number of rotatable bonds is 4. The van der Waals surface area contributed by atoms with Crippen molar-refractivity contribution in [2.24, 2.45) is 0 Å². The van der Waals surface area contributed by atoms with Gasteiger partial charge in [0, 0.05) is 13.1 Å². The van der Waals surface area contributed by atoms with Gasteiger partial charge >= 0.3 is 5.97 Å². The number of esters is 1. The molecule has 2 bridgehead atoms. The lowest BCUT2D eigenvalue weighted by molar-refractivity contribution is 0.0597. The summed E-state index contributed by atoms with van der Waals surface area (Å²) in [4.78, 5) is 13.4. The van der Waals surface area contributed by atoms with E-state index in [4.69, 9.17) is 4.74 Å². The van der Waals surface area contributed by atoms with Crippen molar-refractivity contribution in [2.75, 3.05) is 7.11 Å². The fourth-order valence-electron chi connectivity index (χ4n) is 6.31. The van der Waals surface area contributed by atoms with Crippen LogP contribution in [0.5, 0.6) is 0 Å². The van der Waals surface area contributed by atoms with Gasteiger partial charge in [0.15, 0.2) is 0 Å². The SMILES string of the molecule is COC(=O)c1c2c(c(-c3ccccc3)c3c1C1CCC3C1)CN(S(=O)(=O)c1ccc(C)cc1)C2. The van der Waals surface area contributed by atoms with E-state index in [1.165, 1.54) is 17.0 Å². The maximum absolute atomic E-state index is 13.6. The number of aryl methyl sites for hydroxylation is 1. The first-order chi connectivity index (χ1) is 16.4. The van der Waals surface area contributed by atoms with Crippen LogP contribution in [-0.4, -0.2) is 25.8 Å². The van der Waals surface area contributed by atoms with Crippen LogP contribution >= 0.6 is 0 Å². The number of hydrogen-bond donors (Lipinski definition) is 0. The van der Waals surface area contributed by atoms with Gasteiger partial charge in [0.25, 0.3) is 0 Å². The van der Waals surface area contributed by atoms with Crippen molar-refractivity contribution in [2.45, 2.75) is 56.0 Å². The Morgan fingerprint density at radius 3 is 2.24 bits per heavy atom. The molecule has 1 fully saturated rings. The highest BCUT2D eigenvalue weighted by molar-refractivity contribution is 7.89. The summed E-state index contributed by atoms with van der Waals surface area (Å²) in [5, 5.41) is 0. The summed E-state index contributed by atoms with van der Waals surface area (Å²) >= 11 is 0. The van der Waals surface area contributed by atoms with Gasteiger partial charge in [-0.1, -0.05) is 48.0 Å². The van der Waals surface area contributed by atoms with Crippen molar-refractivity contribution in [3.05, 3.63) is 88.0 Å². The Kier molecular flexibility index (Phi) is 4.94. The standard InChI is InChI=1S/C28H27NO4S/c1-17-8-12-21(13-9-17)34(31,32)29-15-22-23(16-29)27(28(30)33-2)26-20-11-10-19(14-20)25(26)24(22)18-6-4-3-5-7-18/h3-9,12-13,19-20H,10-11,14-16H2,1-2H3. The second-order valence-electron chi connectivity index (χ2n) is 9.69. The number of hydrogen-bond acceptors (Lipinski definition) is 4. The first kappa shape index (κ1) is 21.6. The highest BCUT2D eigenvalue weighted by atomic mass is 32.2. The fraction of sp³-hybridized carbons (Fsp3) is 0.321. The van der Waals surface area contributed by atoms with Crippen LogP contribution in [0.25, 0.3) is 11.1 Å². The molecule has 0 radical (unpaired) electrons. The predicted octanol–water partition coefficient (Wildman–Crippen LogP) is 5.52. The fourth-order valence-corrected chi connectivity index (χ4v) is 7.68. The van der Waals surface area contributed by atoms with Crippen molar-refractivity contribution >= 4 is 16.0 Å². The number of benzene rings is 3. The summed E-state index contributed by atoms with van der Waals surface area (Å²) in [5.41, 5.74) is 7.96. The Balaban J connectivity index is 1.58. The molecular weight excluding hydrogens is 446 g/mol. The highest BCUT2D eigenvalue weighted by Crippen LogP contribution is 2.59.